The van der Waals surface area contributed by atoms with Gasteiger partial charge in [-0.05, 0) is 43.0 Å². The molecular weight excluding hydrogens is 461 g/mol. The summed E-state index contributed by atoms with van der Waals surface area (Å²) in [6.07, 6.45) is 3.27. The van der Waals surface area contributed by atoms with Crippen molar-refractivity contribution in [1.29, 1.82) is 0 Å². The van der Waals surface area contributed by atoms with Crippen molar-refractivity contribution < 1.29 is 28.3 Å². The summed E-state index contributed by atoms with van der Waals surface area (Å²) in [5, 5.41) is 2.55. The van der Waals surface area contributed by atoms with Crippen LogP contribution in [0.2, 0.25) is 0 Å². The molecule has 1 aliphatic heterocycles. The van der Waals surface area contributed by atoms with Gasteiger partial charge in [-0.2, -0.15) is 0 Å². The summed E-state index contributed by atoms with van der Waals surface area (Å²) < 4.78 is 20.5. The summed E-state index contributed by atoms with van der Waals surface area (Å²) in [4.78, 5) is 50.5. The van der Waals surface area contributed by atoms with Crippen LogP contribution in [0.25, 0.3) is 17.0 Å². The number of anilines is 1. The van der Waals surface area contributed by atoms with Crippen LogP contribution in [0, 0.1) is 5.82 Å². The Morgan fingerprint density at radius 2 is 1.82 bits per heavy atom. The molecule has 0 spiro atoms. The highest BCUT2D eigenvalue weighted by Gasteiger charge is 2.36. The first kappa shape index (κ1) is 23.2. The zero-order valence-electron chi connectivity index (χ0n) is 18.1. The Hall–Kier alpha value is -3.92. The van der Waals surface area contributed by atoms with Crippen molar-refractivity contribution in [3.05, 3.63) is 71.0 Å². The minimum Gasteiger partial charge on any atom is -0.465 e. The van der Waals surface area contributed by atoms with Gasteiger partial charge in [0.2, 0.25) is 5.91 Å². The van der Waals surface area contributed by atoms with Gasteiger partial charge in [0.1, 0.15) is 18.9 Å². The zero-order chi connectivity index (χ0) is 24.2. The molecule has 0 bridgehead atoms. The van der Waals surface area contributed by atoms with E-state index >= 15 is 0 Å². The van der Waals surface area contributed by atoms with E-state index in [0.717, 1.165) is 15.8 Å². The lowest BCUT2D eigenvalue weighted by Gasteiger charge is -2.12. The second kappa shape index (κ2) is 9.92. The second-order valence-corrected chi connectivity index (χ2v) is 8.32. The number of halogens is 1. The van der Waals surface area contributed by atoms with Crippen molar-refractivity contribution in [2.75, 3.05) is 18.5 Å². The van der Waals surface area contributed by atoms with Gasteiger partial charge in [0.05, 0.1) is 17.2 Å². The fourth-order valence-corrected chi connectivity index (χ4v) is 4.37. The van der Waals surface area contributed by atoms with Crippen LogP contribution in [0.15, 0.2) is 59.6 Å². The van der Waals surface area contributed by atoms with Gasteiger partial charge in [-0.25, -0.2) is 4.39 Å². The van der Waals surface area contributed by atoms with Gasteiger partial charge in [-0.15, -0.1) is 0 Å². The van der Waals surface area contributed by atoms with Crippen molar-refractivity contribution in [3.8, 4) is 0 Å². The number of nitrogens with one attached hydrogen (secondary N) is 1. The number of imide groups is 1. The molecule has 4 rings (SSSR count). The van der Waals surface area contributed by atoms with E-state index in [4.69, 9.17) is 4.74 Å². The average molecular weight is 482 g/mol. The van der Waals surface area contributed by atoms with Gasteiger partial charge in [-0.1, -0.05) is 30.3 Å². The van der Waals surface area contributed by atoms with Crippen molar-refractivity contribution in [2.45, 2.75) is 13.5 Å². The third kappa shape index (κ3) is 4.86. The van der Waals surface area contributed by atoms with Crippen LogP contribution in [-0.4, -0.2) is 45.6 Å². The molecular formula is C24H20FN3O5S. The molecule has 174 valence electrons. The molecule has 0 atom stereocenters. The van der Waals surface area contributed by atoms with Crippen LogP contribution >= 0.6 is 11.8 Å². The van der Waals surface area contributed by atoms with Crippen molar-refractivity contribution in [1.82, 2.24) is 9.47 Å². The third-order valence-corrected chi connectivity index (χ3v) is 5.94. The Morgan fingerprint density at radius 3 is 2.59 bits per heavy atom. The molecule has 8 nitrogen and oxygen atoms in total. The summed E-state index contributed by atoms with van der Waals surface area (Å²) >= 11 is 0.711. The van der Waals surface area contributed by atoms with E-state index in [1.807, 2.05) is 24.3 Å². The summed E-state index contributed by atoms with van der Waals surface area (Å²) in [5.74, 6) is -2.33. The molecule has 0 saturated carbocycles. The monoisotopic (exact) mass is 481 g/mol. The standard InChI is InChI=1S/C24H20FN3O5S/c1-2-33-22(30)14-27-12-15(16-7-3-6-10-19(16)27)11-20-23(31)28(24(32)34-20)13-21(29)26-18-9-5-4-8-17(18)25/h3-12H,2,13-14H2,1H3,(H,26,29)/b20-11-. The Bertz CT molecular complexity index is 1330. The van der Waals surface area contributed by atoms with Crippen molar-refractivity contribution in [2.24, 2.45) is 0 Å². The molecule has 0 unspecified atom stereocenters. The predicted molar refractivity (Wildman–Crippen MR) is 126 cm³/mol. The maximum Gasteiger partial charge on any atom is 0.325 e. The van der Waals surface area contributed by atoms with Crippen LogP contribution in [-0.2, 0) is 25.7 Å². The number of hydrogen-bond acceptors (Lipinski definition) is 6. The molecule has 10 heteroatoms. The smallest absolute Gasteiger partial charge is 0.325 e. The van der Waals surface area contributed by atoms with E-state index < -0.39 is 35.4 Å². The van der Waals surface area contributed by atoms with Crippen LogP contribution in [0.4, 0.5) is 14.9 Å². The molecule has 1 aromatic heterocycles. The predicted octanol–water partition coefficient (Wildman–Crippen LogP) is 4.02. The number of carbonyl (C=O) groups excluding carboxylic acids is 4. The van der Waals surface area contributed by atoms with Crippen molar-refractivity contribution in [3.63, 3.8) is 0 Å². The Labute approximate surface area is 198 Å². The normalized spacial score (nSPS) is 14.8. The molecule has 1 fully saturated rings. The number of benzene rings is 2. The molecule has 34 heavy (non-hydrogen) atoms. The van der Waals surface area contributed by atoms with E-state index in [1.54, 1.807) is 29.8 Å². The lowest BCUT2D eigenvalue weighted by atomic mass is 10.1. The van der Waals surface area contributed by atoms with Gasteiger partial charge in [0.25, 0.3) is 11.1 Å². The molecule has 0 radical (unpaired) electrons. The summed E-state index contributed by atoms with van der Waals surface area (Å²) in [6.45, 7) is 1.45. The number of fused-ring (bicyclic) bond motifs is 1. The number of rotatable bonds is 7. The average Bonchev–Trinajstić information content (AvgIpc) is 3.27. The second-order valence-electron chi connectivity index (χ2n) is 7.33. The summed E-state index contributed by atoms with van der Waals surface area (Å²) in [6, 6.07) is 12.9. The van der Waals surface area contributed by atoms with Crippen molar-refractivity contribution >= 4 is 57.5 Å². The molecule has 0 aliphatic carbocycles. The van der Waals surface area contributed by atoms with Gasteiger partial charge in [0, 0.05) is 22.7 Å². The maximum absolute atomic E-state index is 13.8. The van der Waals surface area contributed by atoms with Gasteiger partial charge in [0.15, 0.2) is 0 Å². The fraction of sp³-hybridized carbons (Fsp3) is 0.167. The number of ether oxygens (including phenoxy) is 1. The number of thioether (sulfide) groups is 1. The molecule has 3 amide bonds. The number of nitrogens with zero attached hydrogens (tertiary/aromatic N) is 2. The topological polar surface area (TPSA) is 97.7 Å². The summed E-state index contributed by atoms with van der Waals surface area (Å²) in [5.41, 5.74) is 1.37. The van der Waals surface area contributed by atoms with Crippen LogP contribution in [0.5, 0.6) is 0 Å². The largest absolute Gasteiger partial charge is 0.465 e. The third-order valence-electron chi connectivity index (χ3n) is 5.03. The number of amides is 3. The van der Waals surface area contributed by atoms with Gasteiger partial charge >= 0.3 is 5.97 Å². The first-order chi connectivity index (χ1) is 16.4. The molecule has 1 N–H and O–H groups in total. The first-order valence-electron chi connectivity index (χ1n) is 10.4. The van der Waals surface area contributed by atoms with E-state index in [2.05, 4.69) is 5.32 Å². The van der Waals surface area contributed by atoms with E-state index in [0.29, 0.717) is 17.3 Å². The van der Waals surface area contributed by atoms with Crippen LogP contribution < -0.4 is 5.32 Å². The first-order valence-corrected chi connectivity index (χ1v) is 11.2. The van der Waals surface area contributed by atoms with E-state index in [1.165, 1.54) is 18.2 Å². The SMILES string of the molecule is CCOC(=O)Cn1cc(/C=C2\SC(=O)N(CC(=O)Nc3ccccc3F)C2=O)c2ccccc21. The molecule has 1 saturated heterocycles. The lowest BCUT2D eigenvalue weighted by Crippen LogP contribution is -2.36. The molecule has 3 aromatic rings. The summed E-state index contributed by atoms with van der Waals surface area (Å²) in [7, 11) is 0. The number of carbonyl (C=O) groups is 4. The quantitative estimate of drug-likeness (QED) is 0.404. The molecule has 2 heterocycles. The minimum atomic E-state index is -0.695. The highest BCUT2D eigenvalue weighted by Crippen LogP contribution is 2.34. The zero-order valence-corrected chi connectivity index (χ0v) is 18.9. The van der Waals surface area contributed by atoms with Crippen LogP contribution in [0.1, 0.15) is 12.5 Å². The number of esters is 1. The Kier molecular flexibility index (Phi) is 6.78. The van der Waals surface area contributed by atoms with E-state index in [9.17, 15) is 23.6 Å². The minimum absolute atomic E-state index is 0.000111. The highest BCUT2D eigenvalue weighted by molar-refractivity contribution is 8.18. The van der Waals surface area contributed by atoms with Gasteiger partial charge < -0.3 is 14.6 Å². The highest BCUT2D eigenvalue weighted by atomic mass is 32.2. The number of para-hydroxylation sites is 2. The maximum atomic E-state index is 13.8. The van der Waals surface area contributed by atoms with Crippen LogP contribution in [0.3, 0.4) is 0 Å². The lowest BCUT2D eigenvalue weighted by molar-refractivity contribution is -0.143. The Balaban J connectivity index is 1.54. The number of hydrogen-bond donors (Lipinski definition) is 1. The fourth-order valence-electron chi connectivity index (χ4n) is 3.54. The Morgan fingerprint density at radius 1 is 1.09 bits per heavy atom. The number of aromatic nitrogens is 1. The van der Waals surface area contributed by atoms with E-state index in [-0.39, 0.29) is 23.7 Å². The molecule has 2 aromatic carbocycles. The van der Waals surface area contributed by atoms with Gasteiger partial charge in [-0.3, -0.25) is 24.1 Å². The molecule has 1 aliphatic rings.